The quantitative estimate of drug-likeness (QED) is 0.342. The minimum absolute atomic E-state index is 0.00947. The molecule has 0 atom stereocenters. The molecule has 0 bridgehead atoms. The number of nitrogens with one attached hydrogen (secondary N) is 1. The fraction of sp³-hybridized carbons (Fsp3) is 0.444. The Morgan fingerprint density at radius 3 is 1.69 bits per heavy atom. The molecule has 188 valence electrons. The summed E-state index contributed by atoms with van der Waals surface area (Å²) in [5.41, 5.74) is 6.75. The van der Waals surface area contributed by atoms with Gasteiger partial charge in [0.1, 0.15) is 0 Å². The Hall–Kier alpha value is -3.23. The first-order valence-electron chi connectivity index (χ1n) is 11.9. The lowest BCUT2D eigenvalue weighted by atomic mass is 10.0. The molecule has 0 amide bonds. The number of aromatic amines is 1. The van der Waals surface area contributed by atoms with Crippen LogP contribution in [0.15, 0.2) is 41.2 Å². The van der Waals surface area contributed by atoms with Crippen LogP contribution in [-0.2, 0) is 22.7 Å². The third kappa shape index (κ3) is 8.49. The van der Waals surface area contributed by atoms with Gasteiger partial charge in [0.2, 0.25) is 0 Å². The van der Waals surface area contributed by atoms with E-state index in [2.05, 4.69) is 66.9 Å². The van der Waals surface area contributed by atoms with Crippen molar-refractivity contribution < 1.29 is 18.9 Å². The molecule has 35 heavy (non-hydrogen) atoms. The summed E-state index contributed by atoms with van der Waals surface area (Å²) in [5, 5.41) is 0. The highest BCUT2D eigenvalue weighted by Crippen LogP contribution is 2.15. The molecule has 8 heteroatoms. The van der Waals surface area contributed by atoms with Crippen molar-refractivity contribution in [2.75, 3.05) is 26.4 Å². The SMILES string of the molecule is Cc1cccc(C)c1COCCCOc1nc(OCCCOCc2c(C)cccc2C)[nH]c(=O)n1. The summed E-state index contributed by atoms with van der Waals surface area (Å²) < 4.78 is 22.6. The molecule has 0 aliphatic heterocycles. The molecule has 0 radical (unpaired) electrons. The van der Waals surface area contributed by atoms with Crippen molar-refractivity contribution in [3.8, 4) is 12.0 Å². The zero-order valence-corrected chi connectivity index (χ0v) is 21.1. The molecule has 0 saturated heterocycles. The van der Waals surface area contributed by atoms with Crippen LogP contribution in [0.5, 0.6) is 12.0 Å². The van der Waals surface area contributed by atoms with Gasteiger partial charge < -0.3 is 18.9 Å². The maximum absolute atomic E-state index is 11.8. The molecular formula is C27H35N3O5. The van der Waals surface area contributed by atoms with Crippen LogP contribution < -0.4 is 15.2 Å². The van der Waals surface area contributed by atoms with Crippen molar-refractivity contribution in [1.82, 2.24) is 15.0 Å². The molecule has 0 spiro atoms. The van der Waals surface area contributed by atoms with Crippen molar-refractivity contribution >= 4 is 0 Å². The molecule has 8 nitrogen and oxygen atoms in total. The minimum atomic E-state index is -0.567. The Morgan fingerprint density at radius 1 is 0.686 bits per heavy atom. The van der Waals surface area contributed by atoms with Crippen LogP contribution in [0.25, 0.3) is 0 Å². The fourth-order valence-corrected chi connectivity index (χ4v) is 3.64. The van der Waals surface area contributed by atoms with Crippen LogP contribution in [0.1, 0.15) is 46.2 Å². The van der Waals surface area contributed by atoms with E-state index >= 15 is 0 Å². The summed E-state index contributed by atoms with van der Waals surface area (Å²) in [4.78, 5) is 22.1. The molecular weight excluding hydrogens is 446 g/mol. The number of H-pyrrole nitrogens is 1. The summed E-state index contributed by atoms with van der Waals surface area (Å²) in [6.07, 6.45) is 1.31. The topological polar surface area (TPSA) is 95.6 Å². The van der Waals surface area contributed by atoms with Gasteiger partial charge in [-0.15, -0.1) is 9.97 Å². The van der Waals surface area contributed by atoms with Crippen LogP contribution in [0.2, 0.25) is 0 Å². The number of hydrogen-bond acceptors (Lipinski definition) is 7. The maximum Gasteiger partial charge on any atom is 0.353 e. The number of rotatable bonds is 14. The van der Waals surface area contributed by atoms with Crippen molar-refractivity contribution in [2.45, 2.75) is 53.8 Å². The molecule has 3 aromatic rings. The predicted octanol–water partition coefficient (Wildman–Crippen LogP) is 4.37. The number of benzene rings is 2. The monoisotopic (exact) mass is 481 g/mol. The highest BCUT2D eigenvalue weighted by Gasteiger charge is 2.07. The Kier molecular flexibility index (Phi) is 10.3. The van der Waals surface area contributed by atoms with Crippen LogP contribution in [0.3, 0.4) is 0 Å². The molecule has 2 aromatic carbocycles. The van der Waals surface area contributed by atoms with Gasteiger partial charge in [-0.05, 0) is 61.1 Å². The number of aryl methyl sites for hydroxylation is 4. The summed E-state index contributed by atoms with van der Waals surface area (Å²) in [6.45, 7) is 11.2. The standard InChI is InChI=1S/C27H35N3O5/c1-19-9-5-10-20(2)23(19)17-32-13-7-15-34-26-28-25(31)29-27(30-26)35-16-8-14-33-18-24-21(3)11-6-12-22(24)4/h5-6,9-12H,7-8,13-18H2,1-4H3,(H,28,29,30,31). The van der Waals surface area contributed by atoms with Gasteiger partial charge in [0, 0.05) is 12.8 Å². The molecule has 3 rings (SSSR count). The minimum Gasteiger partial charge on any atom is -0.465 e. The van der Waals surface area contributed by atoms with E-state index in [1.807, 2.05) is 12.1 Å². The molecule has 1 heterocycles. The molecule has 0 fully saturated rings. The number of hydrogen-bond donors (Lipinski definition) is 1. The van der Waals surface area contributed by atoms with Gasteiger partial charge in [0.15, 0.2) is 0 Å². The first-order chi connectivity index (χ1) is 16.9. The van der Waals surface area contributed by atoms with Gasteiger partial charge in [0.05, 0.1) is 39.6 Å². The highest BCUT2D eigenvalue weighted by molar-refractivity contribution is 5.33. The third-order valence-electron chi connectivity index (χ3n) is 5.73. The Balaban J connectivity index is 1.33. The van der Waals surface area contributed by atoms with Gasteiger partial charge in [0.25, 0.3) is 0 Å². The normalized spacial score (nSPS) is 11.0. The van der Waals surface area contributed by atoms with Gasteiger partial charge in [-0.25, -0.2) is 4.79 Å². The zero-order chi connectivity index (χ0) is 25.0. The second-order valence-electron chi connectivity index (χ2n) is 8.49. The number of ether oxygens (including phenoxy) is 4. The predicted molar refractivity (Wildman–Crippen MR) is 134 cm³/mol. The largest absolute Gasteiger partial charge is 0.465 e. The van der Waals surface area contributed by atoms with E-state index in [-0.39, 0.29) is 12.0 Å². The van der Waals surface area contributed by atoms with Crippen LogP contribution in [0.4, 0.5) is 0 Å². The summed E-state index contributed by atoms with van der Waals surface area (Å²) in [5.74, 6) is 0. The molecule has 0 aliphatic rings. The Labute approximate surface area is 206 Å². The van der Waals surface area contributed by atoms with Gasteiger partial charge in [-0.3, -0.25) is 4.98 Å². The van der Waals surface area contributed by atoms with E-state index in [1.54, 1.807) is 0 Å². The average molecular weight is 482 g/mol. The van der Waals surface area contributed by atoms with E-state index in [0.717, 1.165) is 0 Å². The van der Waals surface area contributed by atoms with E-state index in [0.29, 0.717) is 52.5 Å². The van der Waals surface area contributed by atoms with Crippen LogP contribution in [-0.4, -0.2) is 41.4 Å². The van der Waals surface area contributed by atoms with Crippen molar-refractivity contribution in [3.05, 3.63) is 80.3 Å². The lowest BCUT2D eigenvalue weighted by molar-refractivity contribution is 0.103. The zero-order valence-electron chi connectivity index (χ0n) is 21.1. The smallest absolute Gasteiger partial charge is 0.353 e. The van der Waals surface area contributed by atoms with Crippen LogP contribution >= 0.6 is 0 Å². The maximum atomic E-state index is 11.8. The van der Waals surface area contributed by atoms with E-state index in [1.165, 1.54) is 33.4 Å². The summed E-state index contributed by atoms with van der Waals surface area (Å²) >= 11 is 0. The van der Waals surface area contributed by atoms with Crippen molar-refractivity contribution in [3.63, 3.8) is 0 Å². The lowest BCUT2D eigenvalue weighted by Crippen LogP contribution is -2.17. The first-order valence-corrected chi connectivity index (χ1v) is 11.9. The lowest BCUT2D eigenvalue weighted by Gasteiger charge is -2.11. The molecule has 1 N–H and O–H groups in total. The average Bonchev–Trinajstić information content (AvgIpc) is 2.81. The van der Waals surface area contributed by atoms with Crippen molar-refractivity contribution in [2.24, 2.45) is 0 Å². The molecule has 0 saturated carbocycles. The Bertz CT molecular complexity index is 1020. The summed E-state index contributed by atoms with van der Waals surface area (Å²) in [7, 11) is 0. The van der Waals surface area contributed by atoms with E-state index < -0.39 is 5.69 Å². The molecule has 0 aliphatic carbocycles. The number of aromatic nitrogens is 3. The highest BCUT2D eigenvalue weighted by atomic mass is 16.5. The third-order valence-corrected chi connectivity index (χ3v) is 5.73. The second kappa shape index (κ2) is 13.6. The first kappa shape index (κ1) is 26.4. The summed E-state index contributed by atoms with van der Waals surface area (Å²) in [6, 6.07) is 12.5. The molecule has 1 aromatic heterocycles. The van der Waals surface area contributed by atoms with E-state index in [9.17, 15) is 4.79 Å². The van der Waals surface area contributed by atoms with Gasteiger partial charge >= 0.3 is 17.7 Å². The van der Waals surface area contributed by atoms with E-state index in [4.69, 9.17) is 18.9 Å². The fourth-order valence-electron chi connectivity index (χ4n) is 3.64. The van der Waals surface area contributed by atoms with Crippen LogP contribution in [0, 0.1) is 27.7 Å². The Morgan fingerprint density at radius 2 is 1.17 bits per heavy atom. The van der Waals surface area contributed by atoms with Gasteiger partial charge in [-0.1, -0.05) is 36.4 Å². The van der Waals surface area contributed by atoms with Gasteiger partial charge in [-0.2, -0.15) is 0 Å². The second-order valence-corrected chi connectivity index (χ2v) is 8.49. The number of nitrogens with zero attached hydrogens (tertiary/aromatic N) is 2. The molecule has 0 unspecified atom stereocenters. The van der Waals surface area contributed by atoms with Crippen molar-refractivity contribution in [1.29, 1.82) is 0 Å².